The molecule has 1 N–H and O–H groups in total. The Labute approximate surface area is 140 Å². The lowest BCUT2D eigenvalue weighted by molar-refractivity contribution is -0.164. The van der Waals surface area contributed by atoms with Gasteiger partial charge in [0.15, 0.2) is 0 Å². The Morgan fingerprint density at radius 1 is 1.52 bits per heavy atom. The monoisotopic (exact) mass is 358 g/mol. The zero-order chi connectivity index (χ0) is 16.5. The molecule has 8 heteroatoms. The van der Waals surface area contributed by atoms with Gasteiger partial charge in [0.2, 0.25) is 15.9 Å². The van der Waals surface area contributed by atoms with E-state index in [1.807, 2.05) is 22.4 Å². The zero-order valence-electron chi connectivity index (χ0n) is 13.2. The third-order valence-electron chi connectivity index (χ3n) is 4.63. The number of sulfonamides is 1. The number of hydrogen-bond donors (Lipinski definition) is 1. The smallest absolute Gasteiger partial charge is 0.228 e. The fourth-order valence-corrected chi connectivity index (χ4v) is 4.60. The molecule has 0 unspecified atom stereocenters. The van der Waals surface area contributed by atoms with Crippen LogP contribution in [-0.4, -0.2) is 57.3 Å². The molecule has 2 aliphatic heterocycles. The van der Waals surface area contributed by atoms with E-state index in [1.165, 1.54) is 6.26 Å². The molecule has 0 radical (unpaired) electrons. The van der Waals surface area contributed by atoms with Crippen LogP contribution >= 0.6 is 11.3 Å². The van der Waals surface area contributed by atoms with E-state index in [0.29, 0.717) is 38.6 Å². The highest BCUT2D eigenvalue weighted by Gasteiger charge is 2.53. The number of likely N-dealkylation sites (tertiary alicyclic amines) is 1. The maximum atomic E-state index is 12.3. The molecule has 3 rings (SSSR count). The number of thiophene rings is 1. The van der Waals surface area contributed by atoms with Gasteiger partial charge in [-0.25, -0.2) is 13.1 Å². The van der Waals surface area contributed by atoms with Crippen LogP contribution in [0.5, 0.6) is 0 Å². The van der Waals surface area contributed by atoms with E-state index in [9.17, 15) is 13.2 Å². The first-order valence-electron chi connectivity index (χ1n) is 7.77. The lowest BCUT2D eigenvalue weighted by Gasteiger charge is -2.50. The molecule has 1 amide bonds. The summed E-state index contributed by atoms with van der Waals surface area (Å²) in [5.74, 6) is 0.448. The van der Waals surface area contributed by atoms with Crippen molar-refractivity contribution in [3.05, 3.63) is 22.4 Å². The van der Waals surface area contributed by atoms with Crippen LogP contribution in [-0.2, 0) is 26.0 Å². The molecule has 0 aromatic carbocycles. The maximum absolute atomic E-state index is 12.3. The van der Waals surface area contributed by atoms with Crippen LogP contribution in [0, 0.1) is 5.92 Å². The predicted octanol–water partition coefficient (Wildman–Crippen LogP) is 0.847. The van der Waals surface area contributed by atoms with Crippen LogP contribution in [0.1, 0.15) is 17.7 Å². The summed E-state index contributed by atoms with van der Waals surface area (Å²) in [7, 11) is -3.15. The molecule has 2 saturated heterocycles. The van der Waals surface area contributed by atoms with Crippen LogP contribution < -0.4 is 4.72 Å². The Hall–Kier alpha value is -0.960. The van der Waals surface area contributed by atoms with Gasteiger partial charge >= 0.3 is 0 Å². The Morgan fingerprint density at radius 3 is 2.96 bits per heavy atom. The molecule has 128 valence electrons. The fraction of sp³-hybridized carbons (Fsp3) is 0.667. The molecule has 1 aromatic rings. The third-order valence-corrected chi connectivity index (χ3v) is 6.24. The minimum Gasteiger partial charge on any atom is -0.371 e. The number of nitrogens with zero attached hydrogens (tertiary/aromatic N) is 1. The number of rotatable bonds is 6. The second-order valence-corrected chi connectivity index (χ2v) is 9.23. The summed E-state index contributed by atoms with van der Waals surface area (Å²) in [6, 6.07) is 3.93. The zero-order valence-corrected chi connectivity index (χ0v) is 14.8. The van der Waals surface area contributed by atoms with Gasteiger partial charge in [0.1, 0.15) is 5.60 Å². The Kier molecular flexibility index (Phi) is 4.78. The van der Waals surface area contributed by atoms with Gasteiger partial charge in [-0.1, -0.05) is 6.07 Å². The molecule has 1 atom stereocenters. The summed E-state index contributed by atoms with van der Waals surface area (Å²) in [4.78, 5) is 15.2. The minimum atomic E-state index is -3.15. The van der Waals surface area contributed by atoms with Gasteiger partial charge in [-0.15, -0.1) is 11.3 Å². The quantitative estimate of drug-likeness (QED) is 0.818. The normalized spacial score (nSPS) is 23.2. The largest absolute Gasteiger partial charge is 0.371 e. The molecule has 3 heterocycles. The van der Waals surface area contributed by atoms with Crippen LogP contribution in [0.15, 0.2) is 17.5 Å². The molecular weight excluding hydrogens is 336 g/mol. The van der Waals surface area contributed by atoms with E-state index in [-0.39, 0.29) is 11.5 Å². The van der Waals surface area contributed by atoms with Crippen molar-refractivity contribution >= 4 is 27.3 Å². The van der Waals surface area contributed by atoms with Crippen molar-refractivity contribution in [3.63, 3.8) is 0 Å². The van der Waals surface area contributed by atoms with Crippen LogP contribution in [0.25, 0.3) is 0 Å². The van der Waals surface area contributed by atoms with Crippen molar-refractivity contribution in [2.75, 3.05) is 32.5 Å². The molecule has 0 saturated carbocycles. The van der Waals surface area contributed by atoms with Crippen molar-refractivity contribution in [1.29, 1.82) is 0 Å². The molecule has 0 aliphatic carbocycles. The fourth-order valence-electron chi connectivity index (χ4n) is 3.41. The van der Waals surface area contributed by atoms with Crippen LogP contribution in [0.4, 0.5) is 0 Å². The van der Waals surface area contributed by atoms with Crippen molar-refractivity contribution in [3.8, 4) is 0 Å². The molecule has 2 aliphatic rings. The van der Waals surface area contributed by atoms with Gasteiger partial charge in [-0.05, 0) is 30.2 Å². The topological polar surface area (TPSA) is 75.7 Å². The second-order valence-electron chi connectivity index (χ2n) is 6.36. The average molecular weight is 358 g/mol. The number of carbonyl (C=O) groups is 1. The van der Waals surface area contributed by atoms with Gasteiger partial charge in [0.25, 0.3) is 0 Å². The molecule has 2 fully saturated rings. The first-order chi connectivity index (χ1) is 10.9. The average Bonchev–Trinajstić information content (AvgIpc) is 3.04. The number of nitrogens with one attached hydrogen (secondary N) is 1. The van der Waals surface area contributed by atoms with E-state index in [1.54, 1.807) is 11.3 Å². The van der Waals surface area contributed by atoms with Crippen molar-refractivity contribution < 1.29 is 17.9 Å². The lowest BCUT2D eigenvalue weighted by atomic mass is 9.79. The Morgan fingerprint density at radius 2 is 2.30 bits per heavy atom. The van der Waals surface area contributed by atoms with E-state index < -0.39 is 10.0 Å². The number of hydrogen-bond acceptors (Lipinski definition) is 5. The summed E-state index contributed by atoms with van der Waals surface area (Å²) in [5, 5.41) is 1.98. The molecule has 0 bridgehead atoms. The summed E-state index contributed by atoms with van der Waals surface area (Å²) >= 11 is 1.60. The van der Waals surface area contributed by atoms with Crippen LogP contribution in [0.2, 0.25) is 0 Å². The highest BCUT2D eigenvalue weighted by atomic mass is 32.2. The van der Waals surface area contributed by atoms with Crippen molar-refractivity contribution in [2.24, 2.45) is 5.92 Å². The summed E-state index contributed by atoms with van der Waals surface area (Å²) in [5.41, 5.74) is -0.260. The van der Waals surface area contributed by atoms with Crippen LogP contribution in [0.3, 0.4) is 0 Å². The van der Waals surface area contributed by atoms with E-state index in [2.05, 4.69) is 4.72 Å². The van der Waals surface area contributed by atoms with Gasteiger partial charge in [0.05, 0.1) is 25.8 Å². The Bertz CT molecular complexity index is 651. The SMILES string of the molecule is CS(=O)(=O)NCC[C@H]1CCOC12CN(C(=O)Cc1cccs1)C2. The van der Waals surface area contributed by atoms with E-state index in [4.69, 9.17) is 4.74 Å². The lowest BCUT2D eigenvalue weighted by Crippen LogP contribution is -2.66. The second kappa shape index (κ2) is 6.51. The van der Waals surface area contributed by atoms with E-state index in [0.717, 1.165) is 17.7 Å². The molecule has 1 aromatic heterocycles. The molecule has 1 spiro atoms. The van der Waals surface area contributed by atoms with Gasteiger partial charge in [-0.2, -0.15) is 0 Å². The van der Waals surface area contributed by atoms with Gasteiger partial charge < -0.3 is 9.64 Å². The maximum Gasteiger partial charge on any atom is 0.228 e. The number of carbonyl (C=O) groups excluding carboxylic acids is 1. The highest BCUT2D eigenvalue weighted by Crippen LogP contribution is 2.41. The summed E-state index contributed by atoms with van der Waals surface area (Å²) < 4.78 is 30.8. The summed E-state index contributed by atoms with van der Waals surface area (Å²) in [6.07, 6.45) is 3.30. The predicted molar refractivity (Wildman–Crippen MR) is 88.9 cm³/mol. The minimum absolute atomic E-state index is 0.140. The molecular formula is C15H22N2O4S2. The standard InChI is InChI=1S/C15H22N2O4S2/c1-23(19,20)16-6-4-12-5-7-21-15(12)10-17(11-15)14(18)9-13-3-2-8-22-13/h2-3,8,12,16H,4-7,9-11H2,1H3/t12-/m0/s1. The first kappa shape index (κ1) is 16.9. The first-order valence-corrected chi connectivity index (χ1v) is 10.5. The number of amides is 1. The van der Waals surface area contributed by atoms with Crippen molar-refractivity contribution in [2.45, 2.75) is 24.9 Å². The van der Waals surface area contributed by atoms with Crippen molar-refractivity contribution in [1.82, 2.24) is 9.62 Å². The number of ether oxygens (including phenoxy) is 1. The Balaban J connectivity index is 1.50. The molecule has 6 nitrogen and oxygen atoms in total. The highest BCUT2D eigenvalue weighted by molar-refractivity contribution is 7.88. The molecule has 23 heavy (non-hydrogen) atoms. The third kappa shape index (κ3) is 3.93. The van der Waals surface area contributed by atoms with E-state index >= 15 is 0 Å². The summed E-state index contributed by atoms with van der Waals surface area (Å²) in [6.45, 7) is 2.37. The van der Waals surface area contributed by atoms with Gasteiger partial charge in [-0.3, -0.25) is 4.79 Å². The van der Waals surface area contributed by atoms with Gasteiger partial charge in [0, 0.05) is 18.0 Å².